The molecule has 1 aromatic heterocycles. The largest absolute Gasteiger partial charge is 0.322 e. The monoisotopic (exact) mass is 423 g/mol. The summed E-state index contributed by atoms with van der Waals surface area (Å²) in [5.74, 6) is 0. The number of nitrogens with zero attached hydrogens (tertiary/aromatic N) is 1. The molecule has 2 amide bonds. The predicted molar refractivity (Wildman–Crippen MR) is 122 cm³/mol. The summed E-state index contributed by atoms with van der Waals surface area (Å²) < 4.78 is 0. The number of H-pyrrole nitrogens is 1. The van der Waals surface area contributed by atoms with Gasteiger partial charge in [0.25, 0.3) is 5.56 Å². The number of amides is 2. The Balaban J connectivity index is 1.65. The molecule has 1 saturated carbocycles. The second-order valence-electron chi connectivity index (χ2n) is 7.88. The fourth-order valence-electron chi connectivity index (χ4n) is 4.15. The Bertz CT molecular complexity index is 1120. The minimum absolute atomic E-state index is 0.115. The van der Waals surface area contributed by atoms with Crippen LogP contribution in [0.5, 0.6) is 0 Å². The van der Waals surface area contributed by atoms with Crippen LogP contribution in [0.25, 0.3) is 10.9 Å². The number of hydrogen-bond acceptors (Lipinski definition) is 2. The van der Waals surface area contributed by atoms with E-state index in [1.807, 2.05) is 30.3 Å². The zero-order chi connectivity index (χ0) is 21.1. The number of carbonyl (C=O) groups is 1. The molecule has 2 aromatic carbocycles. The molecule has 4 rings (SSSR count). The summed E-state index contributed by atoms with van der Waals surface area (Å²) in [5.41, 5.74) is 3.04. The third-order valence-electron chi connectivity index (χ3n) is 5.88. The van der Waals surface area contributed by atoms with Gasteiger partial charge in [-0.25, -0.2) is 4.79 Å². The summed E-state index contributed by atoms with van der Waals surface area (Å²) >= 11 is 6.22. The van der Waals surface area contributed by atoms with E-state index in [4.69, 9.17) is 11.6 Å². The number of para-hydroxylation sites is 1. The third kappa shape index (κ3) is 4.36. The Morgan fingerprint density at radius 1 is 1.17 bits per heavy atom. The minimum Gasteiger partial charge on any atom is -0.322 e. The molecule has 2 N–H and O–H groups in total. The summed E-state index contributed by atoms with van der Waals surface area (Å²) in [6, 6.07) is 15.1. The van der Waals surface area contributed by atoms with Crippen LogP contribution in [-0.4, -0.2) is 22.0 Å². The van der Waals surface area contributed by atoms with Crippen molar-refractivity contribution in [2.24, 2.45) is 0 Å². The number of fused-ring (bicyclic) bond motifs is 1. The molecule has 1 heterocycles. The van der Waals surface area contributed by atoms with Gasteiger partial charge in [-0.1, -0.05) is 49.6 Å². The smallest absolute Gasteiger partial charge is 0.322 e. The van der Waals surface area contributed by atoms with Gasteiger partial charge in [0.2, 0.25) is 0 Å². The molecular formula is C24H26ClN3O2. The lowest BCUT2D eigenvalue weighted by Crippen LogP contribution is -2.42. The Kier molecular flexibility index (Phi) is 6.09. The van der Waals surface area contributed by atoms with E-state index in [9.17, 15) is 9.59 Å². The third-order valence-corrected chi connectivity index (χ3v) is 6.21. The van der Waals surface area contributed by atoms with Gasteiger partial charge in [0.15, 0.2) is 0 Å². The standard InChI is InChI=1S/C24H26ClN3O2/c1-2-16-11-12-21-17(13-16)14-18(23(29)26-21)15-28(19-7-3-4-8-19)24(30)27-22-10-6-5-9-20(22)25/h5-6,9-14,19H,2-4,7-8,15H2,1H3,(H,26,29)(H,27,30). The molecule has 0 spiro atoms. The van der Waals surface area contributed by atoms with Gasteiger partial charge < -0.3 is 15.2 Å². The fraction of sp³-hybridized carbons (Fsp3) is 0.333. The van der Waals surface area contributed by atoms with Crippen molar-refractivity contribution in [3.05, 3.63) is 75.0 Å². The molecule has 1 aliphatic rings. The molecule has 6 heteroatoms. The van der Waals surface area contributed by atoms with E-state index in [1.54, 1.807) is 17.0 Å². The molecule has 1 aliphatic carbocycles. The molecule has 0 bridgehead atoms. The number of pyridine rings is 1. The van der Waals surface area contributed by atoms with Crippen LogP contribution < -0.4 is 10.9 Å². The Morgan fingerprint density at radius 2 is 1.93 bits per heavy atom. The number of aromatic nitrogens is 1. The highest BCUT2D eigenvalue weighted by atomic mass is 35.5. The van der Waals surface area contributed by atoms with Gasteiger partial charge in [0.05, 0.1) is 17.3 Å². The van der Waals surface area contributed by atoms with E-state index < -0.39 is 0 Å². The lowest BCUT2D eigenvalue weighted by Gasteiger charge is -2.29. The zero-order valence-corrected chi connectivity index (χ0v) is 17.8. The number of urea groups is 1. The van der Waals surface area contributed by atoms with Crippen molar-refractivity contribution < 1.29 is 4.79 Å². The highest BCUT2D eigenvalue weighted by molar-refractivity contribution is 6.33. The van der Waals surface area contributed by atoms with Crippen LogP contribution in [0.1, 0.15) is 43.7 Å². The highest BCUT2D eigenvalue weighted by Gasteiger charge is 2.28. The minimum atomic E-state index is -0.225. The normalized spacial score (nSPS) is 14.2. The molecule has 0 atom stereocenters. The summed E-state index contributed by atoms with van der Waals surface area (Å²) in [5, 5.41) is 4.41. The summed E-state index contributed by atoms with van der Waals surface area (Å²) in [6.45, 7) is 2.37. The Morgan fingerprint density at radius 3 is 2.67 bits per heavy atom. The lowest BCUT2D eigenvalue weighted by molar-refractivity contribution is 0.184. The van der Waals surface area contributed by atoms with Gasteiger partial charge in [0, 0.05) is 17.1 Å². The van der Waals surface area contributed by atoms with Crippen molar-refractivity contribution in [1.29, 1.82) is 0 Å². The topological polar surface area (TPSA) is 65.2 Å². The first kappa shape index (κ1) is 20.5. The van der Waals surface area contributed by atoms with E-state index in [2.05, 4.69) is 23.3 Å². The maximum Gasteiger partial charge on any atom is 0.322 e. The first-order valence-electron chi connectivity index (χ1n) is 10.5. The van der Waals surface area contributed by atoms with Gasteiger partial charge in [-0.2, -0.15) is 0 Å². The molecule has 1 fully saturated rings. The van der Waals surface area contributed by atoms with Gasteiger partial charge in [0.1, 0.15) is 0 Å². The van der Waals surface area contributed by atoms with Crippen LogP contribution in [0.2, 0.25) is 5.02 Å². The fourth-order valence-corrected chi connectivity index (χ4v) is 4.34. The number of nitrogens with one attached hydrogen (secondary N) is 2. The predicted octanol–water partition coefficient (Wildman–Crippen LogP) is 5.72. The van der Waals surface area contributed by atoms with Gasteiger partial charge >= 0.3 is 6.03 Å². The maximum atomic E-state index is 13.2. The number of halogens is 1. The molecular weight excluding hydrogens is 398 g/mol. The van der Waals surface area contributed by atoms with Gasteiger partial charge in [-0.15, -0.1) is 0 Å². The first-order chi connectivity index (χ1) is 14.5. The van der Waals surface area contributed by atoms with Crippen LogP contribution >= 0.6 is 11.6 Å². The molecule has 3 aromatic rings. The summed E-state index contributed by atoms with van der Waals surface area (Å²) in [7, 11) is 0. The number of rotatable bonds is 5. The van der Waals surface area contributed by atoms with Crippen molar-refractivity contribution in [1.82, 2.24) is 9.88 Å². The van der Waals surface area contributed by atoms with Gasteiger partial charge in [-0.3, -0.25) is 4.79 Å². The maximum absolute atomic E-state index is 13.2. The van der Waals surface area contributed by atoms with E-state index in [0.717, 1.165) is 43.0 Å². The van der Waals surface area contributed by atoms with E-state index in [-0.39, 0.29) is 24.2 Å². The Hall–Kier alpha value is -2.79. The van der Waals surface area contributed by atoms with Crippen molar-refractivity contribution in [2.45, 2.75) is 51.6 Å². The van der Waals surface area contributed by atoms with Crippen LogP contribution in [-0.2, 0) is 13.0 Å². The number of aryl methyl sites for hydroxylation is 1. The quantitative estimate of drug-likeness (QED) is 0.551. The van der Waals surface area contributed by atoms with Crippen LogP contribution in [0.4, 0.5) is 10.5 Å². The number of benzene rings is 2. The average molecular weight is 424 g/mol. The Labute approximate surface area is 181 Å². The molecule has 30 heavy (non-hydrogen) atoms. The van der Waals surface area contributed by atoms with Crippen molar-refractivity contribution in [3.8, 4) is 0 Å². The van der Waals surface area contributed by atoms with E-state index in [0.29, 0.717) is 16.3 Å². The first-order valence-corrected chi connectivity index (χ1v) is 10.9. The highest BCUT2D eigenvalue weighted by Crippen LogP contribution is 2.27. The van der Waals surface area contributed by atoms with Crippen molar-refractivity contribution in [2.75, 3.05) is 5.32 Å². The number of carbonyl (C=O) groups excluding carboxylic acids is 1. The van der Waals surface area contributed by atoms with E-state index in [1.165, 1.54) is 5.56 Å². The van der Waals surface area contributed by atoms with Crippen LogP contribution in [0.15, 0.2) is 53.3 Å². The SMILES string of the molecule is CCc1ccc2[nH]c(=O)c(CN(C(=O)Nc3ccccc3Cl)C3CCCC3)cc2c1. The number of hydrogen-bond donors (Lipinski definition) is 2. The number of aromatic amines is 1. The number of anilines is 1. The second-order valence-corrected chi connectivity index (χ2v) is 8.28. The molecule has 0 radical (unpaired) electrons. The van der Waals surface area contributed by atoms with Gasteiger partial charge in [-0.05, 0) is 60.5 Å². The van der Waals surface area contributed by atoms with Crippen molar-refractivity contribution in [3.63, 3.8) is 0 Å². The second kappa shape index (κ2) is 8.92. The molecule has 0 unspecified atom stereocenters. The van der Waals surface area contributed by atoms with Crippen molar-refractivity contribution >= 4 is 34.2 Å². The molecule has 0 saturated heterocycles. The average Bonchev–Trinajstić information content (AvgIpc) is 3.28. The summed E-state index contributed by atoms with van der Waals surface area (Å²) in [4.78, 5) is 30.7. The van der Waals surface area contributed by atoms with Crippen LogP contribution in [0.3, 0.4) is 0 Å². The molecule has 0 aliphatic heterocycles. The zero-order valence-electron chi connectivity index (χ0n) is 17.1. The molecule has 156 valence electrons. The van der Waals surface area contributed by atoms with E-state index >= 15 is 0 Å². The molecule has 5 nitrogen and oxygen atoms in total. The van der Waals surface area contributed by atoms with Crippen LogP contribution in [0, 0.1) is 0 Å². The lowest BCUT2D eigenvalue weighted by atomic mass is 10.1. The summed E-state index contributed by atoms with van der Waals surface area (Å²) in [6.07, 6.45) is 5.00.